The van der Waals surface area contributed by atoms with Crippen molar-refractivity contribution in [3.63, 3.8) is 0 Å². The van der Waals surface area contributed by atoms with Gasteiger partial charge in [0.05, 0.1) is 6.61 Å². The Balaban J connectivity index is 1.42. The Morgan fingerprint density at radius 1 is 1.11 bits per heavy atom. The number of halogens is 1. The fourth-order valence-electron chi connectivity index (χ4n) is 6.68. The summed E-state index contributed by atoms with van der Waals surface area (Å²) in [7, 11) is 0. The maximum Gasteiger partial charge on any atom is 0.303 e. The number of ether oxygens (including phenoxy) is 1. The lowest BCUT2D eigenvalue weighted by Gasteiger charge is -2.42. The van der Waals surface area contributed by atoms with E-state index >= 15 is 4.39 Å². The molecule has 0 spiro atoms. The van der Waals surface area contributed by atoms with Crippen molar-refractivity contribution in [2.45, 2.75) is 77.2 Å². The van der Waals surface area contributed by atoms with E-state index in [-0.39, 0.29) is 47.6 Å². The Morgan fingerprint density at radius 2 is 1.87 bits per heavy atom. The molecule has 0 saturated heterocycles. The van der Waals surface area contributed by atoms with Crippen LogP contribution in [-0.4, -0.2) is 40.8 Å². The lowest BCUT2D eigenvalue weighted by atomic mass is 9.72. The molecule has 2 aliphatic carbocycles. The summed E-state index contributed by atoms with van der Waals surface area (Å²) < 4.78 is 20.8. The first-order valence-corrected chi connectivity index (χ1v) is 13.7. The number of rotatable bonds is 8. The Hall–Kier alpha value is -3.22. The first-order valence-electron chi connectivity index (χ1n) is 13.7. The molecule has 1 saturated carbocycles. The molecule has 0 unspecified atom stereocenters. The van der Waals surface area contributed by atoms with Crippen molar-refractivity contribution >= 4 is 17.7 Å². The van der Waals surface area contributed by atoms with Gasteiger partial charge >= 0.3 is 5.97 Å². The van der Waals surface area contributed by atoms with Gasteiger partial charge in [0, 0.05) is 25.3 Å². The number of ketones is 1. The number of hydrogen-bond acceptors (Lipinski definition) is 4. The van der Waals surface area contributed by atoms with Crippen LogP contribution < -0.4 is 4.74 Å². The van der Waals surface area contributed by atoms with E-state index in [1.807, 2.05) is 45.0 Å². The first kappa shape index (κ1) is 26.4. The lowest BCUT2D eigenvalue weighted by Crippen LogP contribution is -2.49. The van der Waals surface area contributed by atoms with Crippen molar-refractivity contribution in [1.29, 1.82) is 0 Å². The molecule has 2 aromatic carbocycles. The monoisotopic (exact) mass is 521 g/mol. The van der Waals surface area contributed by atoms with Crippen LogP contribution in [0.1, 0.15) is 80.3 Å². The summed E-state index contributed by atoms with van der Waals surface area (Å²) >= 11 is 0. The van der Waals surface area contributed by atoms with E-state index in [2.05, 4.69) is 0 Å². The Kier molecular flexibility index (Phi) is 7.05. The van der Waals surface area contributed by atoms with Crippen molar-refractivity contribution in [2.24, 2.45) is 11.8 Å². The third-order valence-electron chi connectivity index (χ3n) is 8.60. The SMILES string of the molecule is CCOc1ccc2c(c1)CCN(C(=O)C1CC(CC(=O)O)C1)[C@H]2C(=O)Cc1cc(F)c2c(c1)CCC2(C)C. The van der Waals surface area contributed by atoms with Gasteiger partial charge in [-0.25, -0.2) is 4.39 Å². The fourth-order valence-corrected chi connectivity index (χ4v) is 6.68. The molecule has 0 aromatic heterocycles. The van der Waals surface area contributed by atoms with Gasteiger partial charge in [-0.15, -0.1) is 0 Å². The van der Waals surface area contributed by atoms with Crippen LogP contribution in [-0.2, 0) is 39.1 Å². The Labute approximate surface area is 223 Å². The van der Waals surface area contributed by atoms with Gasteiger partial charge in [-0.1, -0.05) is 26.0 Å². The minimum atomic E-state index is -0.851. The number of benzene rings is 2. The van der Waals surface area contributed by atoms with Crippen molar-refractivity contribution in [3.8, 4) is 5.75 Å². The van der Waals surface area contributed by atoms with Gasteiger partial charge in [0.15, 0.2) is 5.78 Å². The summed E-state index contributed by atoms with van der Waals surface area (Å²) in [5, 5.41) is 9.08. The average molecular weight is 522 g/mol. The predicted octanol–water partition coefficient (Wildman–Crippen LogP) is 5.19. The zero-order valence-corrected chi connectivity index (χ0v) is 22.4. The normalized spacial score (nSPS) is 23.3. The van der Waals surface area contributed by atoms with E-state index in [0.29, 0.717) is 38.0 Å². The van der Waals surface area contributed by atoms with E-state index in [1.54, 1.807) is 4.90 Å². The molecule has 1 fully saturated rings. The summed E-state index contributed by atoms with van der Waals surface area (Å²) in [5.74, 6) is -0.872. The molecule has 1 atom stereocenters. The Morgan fingerprint density at radius 3 is 2.58 bits per heavy atom. The molecule has 3 aliphatic rings. The third-order valence-corrected chi connectivity index (χ3v) is 8.60. The largest absolute Gasteiger partial charge is 0.494 e. The topological polar surface area (TPSA) is 83.9 Å². The van der Waals surface area contributed by atoms with Gasteiger partial charge in [-0.05, 0) is 96.4 Å². The summed E-state index contributed by atoms with van der Waals surface area (Å²) in [6.07, 6.45) is 3.45. The van der Waals surface area contributed by atoms with Crippen LogP contribution in [0.2, 0.25) is 0 Å². The van der Waals surface area contributed by atoms with Gasteiger partial charge in [-0.2, -0.15) is 0 Å². The maximum atomic E-state index is 15.2. The maximum absolute atomic E-state index is 15.2. The summed E-state index contributed by atoms with van der Waals surface area (Å²) in [4.78, 5) is 40.2. The highest BCUT2D eigenvalue weighted by Crippen LogP contribution is 2.43. The summed E-state index contributed by atoms with van der Waals surface area (Å²) in [6.45, 7) is 6.95. The standard InChI is InChI=1S/C31H36FNO5/c1-4-38-23-5-6-24-20(17-23)8-10-33(30(37)22-12-18(13-22)16-27(35)36)29(24)26(34)15-19-11-21-7-9-31(2,3)28(21)25(32)14-19/h5-6,11,14,17-18,22,29H,4,7-10,12-13,15-16H2,1-3H3,(H,35,36)/t18?,22?,29-/m1/s1. The average Bonchev–Trinajstić information content (AvgIpc) is 3.14. The molecule has 7 heteroatoms. The molecule has 1 N–H and O–H groups in total. The number of carbonyl (C=O) groups excluding carboxylic acids is 2. The van der Waals surface area contributed by atoms with Crippen LogP contribution in [0, 0.1) is 17.7 Å². The molecular formula is C31H36FNO5. The molecule has 0 bridgehead atoms. The second-order valence-corrected chi connectivity index (χ2v) is 11.7. The van der Waals surface area contributed by atoms with Crippen LogP contribution in [0.25, 0.3) is 0 Å². The minimum Gasteiger partial charge on any atom is -0.494 e. The smallest absolute Gasteiger partial charge is 0.303 e. The van der Waals surface area contributed by atoms with E-state index < -0.39 is 12.0 Å². The molecule has 6 nitrogen and oxygen atoms in total. The molecule has 0 radical (unpaired) electrons. The number of carboxylic acid groups (broad SMARTS) is 1. The Bertz CT molecular complexity index is 1280. The van der Waals surface area contributed by atoms with Gasteiger partial charge < -0.3 is 14.7 Å². The van der Waals surface area contributed by atoms with E-state index in [9.17, 15) is 14.4 Å². The highest BCUT2D eigenvalue weighted by molar-refractivity contribution is 5.93. The molecule has 2 aromatic rings. The molecule has 1 heterocycles. The van der Waals surface area contributed by atoms with Gasteiger partial charge in [-0.3, -0.25) is 14.4 Å². The summed E-state index contributed by atoms with van der Waals surface area (Å²) in [5.41, 5.74) is 3.92. The second kappa shape index (κ2) is 10.2. The van der Waals surface area contributed by atoms with Crippen molar-refractivity contribution in [1.82, 2.24) is 4.90 Å². The number of Topliss-reactive ketones (excluding diaryl/α,β-unsaturated/α-hetero) is 1. The molecule has 38 heavy (non-hydrogen) atoms. The zero-order chi connectivity index (χ0) is 27.2. The van der Waals surface area contributed by atoms with Crippen LogP contribution in [0.5, 0.6) is 5.75 Å². The first-order chi connectivity index (χ1) is 18.1. The predicted molar refractivity (Wildman–Crippen MR) is 141 cm³/mol. The van der Waals surface area contributed by atoms with E-state index in [4.69, 9.17) is 9.84 Å². The molecule has 1 amide bonds. The third kappa shape index (κ3) is 4.95. The number of hydrogen-bond donors (Lipinski definition) is 1. The number of fused-ring (bicyclic) bond motifs is 2. The number of aliphatic carboxylic acids is 1. The van der Waals surface area contributed by atoms with E-state index in [1.165, 1.54) is 6.07 Å². The van der Waals surface area contributed by atoms with Crippen LogP contribution in [0.4, 0.5) is 4.39 Å². The molecular weight excluding hydrogens is 485 g/mol. The second-order valence-electron chi connectivity index (χ2n) is 11.7. The number of nitrogens with zero attached hydrogens (tertiary/aromatic N) is 1. The van der Waals surface area contributed by atoms with Crippen LogP contribution in [0.3, 0.4) is 0 Å². The van der Waals surface area contributed by atoms with Gasteiger partial charge in [0.25, 0.3) is 0 Å². The summed E-state index contributed by atoms with van der Waals surface area (Å²) in [6, 6.07) is 8.35. The fraction of sp³-hybridized carbons (Fsp3) is 0.516. The van der Waals surface area contributed by atoms with Crippen LogP contribution in [0.15, 0.2) is 30.3 Å². The number of aryl methyl sites for hydroxylation is 1. The highest BCUT2D eigenvalue weighted by atomic mass is 19.1. The minimum absolute atomic E-state index is 0.0000637. The van der Waals surface area contributed by atoms with E-state index in [0.717, 1.165) is 40.8 Å². The molecule has 5 rings (SSSR count). The lowest BCUT2D eigenvalue weighted by molar-refractivity contribution is -0.149. The number of carbonyl (C=O) groups is 3. The van der Waals surface area contributed by atoms with Crippen molar-refractivity contribution in [2.75, 3.05) is 13.2 Å². The van der Waals surface area contributed by atoms with Crippen molar-refractivity contribution < 1.29 is 28.6 Å². The zero-order valence-electron chi connectivity index (χ0n) is 22.4. The van der Waals surface area contributed by atoms with Crippen molar-refractivity contribution in [3.05, 3.63) is 64.0 Å². The van der Waals surface area contributed by atoms with Crippen LogP contribution >= 0.6 is 0 Å². The quantitative estimate of drug-likeness (QED) is 0.517. The number of amides is 1. The van der Waals surface area contributed by atoms with Gasteiger partial charge in [0.1, 0.15) is 17.6 Å². The van der Waals surface area contributed by atoms with Gasteiger partial charge in [0.2, 0.25) is 5.91 Å². The number of carboxylic acids is 1. The molecule has 1 aliphatic heterocycles. The molecule has 202 valence electrons. The highest BCUT2D eigenvalue weighted by Gasteiger charge is 2.43.